The largest absolute Gasteiger partial charge is 0.493 e. The van der Waals surface area contributed by atoms with E-state index >= 15 is 0 Å². The van der Waals surface area contributed by atoms with Crippen LogP contribution in [0.2, 0.25) is 0 Å². The normalized spacial score (nSPS) is 10.7. The number of carbonyl (C=O) groups excluding carboxylic acids is 1. The van der Waals surface area contributed by atoms with Crippen molar-refractivity contribution in [1.82, 2.24) is 4.98 Å². The Bertz CT molecular complexity index is 1060. The van der Waals surface area contributed by atoms with Crippen molar-refractivity contribution in [3.63, 3.8) is 0 Å². The highest BCUT2D eigenvalue weighted by Gasteiger charge is 2.17. The van der Waals surface area contributed by atoms with Crippen molar-refractivity contribution in [2.24, 2.45) is 0 Å². The van der Waals surface area contributed by atoms with E-state index in [1.807, 2.05) is 32.0 Å². The molecule has 0 saturated heterocycles. The molecule has 1 N–H and O–H groups in total. The predicted octanol–water partition coefficient (Wildman–Crippen LogP) is 4.70. The molecule has 2 aromatic carbocycles. The van der Waals surface area contributed by atoms with Gasteiger partial charge in [-0.3, -0.25) is 4.98 Å². The summed E-state index contributed by atoms with van der Waals surface area (Å²) in [6.45, 7) is 6.81. The number of fused-ring (bicyclic) bond motifs is 1. The summed E-state index contributed by atoms with van der Waals surface area (Å²) in [4.78, 5) is 17.1. The number of anilines is 1. The van der Waals surface area contributed by atoms with Crippen molar-refractivity contribution in [2.45, 2.75) is 27.2 Å². The average Bonchev–Trinajstić information content (AvgIpc) is 2.73. The van der Waals surface area contributed by atoms with E-state index in [0.29, 0.717) is 30.2 Å². The summed E-state index contributed by atoms with van der Waals surface area (Å²) in [7, 11) is 3.24. The maximum absolute atomic E-state index is 12.5. The lowest BCUT2D eigenvalue weighted by Gasteiger charge is -2.16. The number of aromatic nitrogens is 1. The molecule has 6 nitrogen and oxygen atoms in total. The Hall–Kier alpha value is -3.28. The molecule has 0 bridgehead atoms. The topological polar surface area (TPSA) is 69.7 Å². The molecule has 0 amide bonds. The first-order chi connectivity index (χ1) is 14.5. The van der Waals surface area contributed by atoms with Crippen LogP contribution in [0, 0.1) is 13.8 Å². The SMILES string of the molecule is CCOC(=O)c1cnc2c(C)cc(C)cc2c1NCCc1ccc(OC)c(OC)c1. The van der Waals surface area contributed by atoms with E-state index in [9.17, 15) is 4.79 Å². The first-order valence-electron chi connectivity index (χ1n) is 10.00. The molecule has 30 heavy (non-hydrogen) atoms. The number of benzene rings is 2. The fraction of sp³-hybridized carbons (Fsp3) is 0.333. The number of rotatable bonds is 8. The van der Waals surface area contributed by atoms with Gasteiger partial charge >= 0.3 is 5.97 Å². The Labute approximate surface area is 177 Å². The summed E-state index contributed by atoms with van der Waals surface area (Å²) in [5.41, 5.74) is 5.37. The summed E-state index contributed by atoms with van der Waals surface area (Å²) >= 11 is 0. The Morgan fingerprint density at radius 1 is 1.07 bits per heavy atom. The van der Waals surface area contributed by atoms with Crippen LogP contribution in [0.3, 0.4) is 0 Å². The van der Waals surface area contributed by atoms with Crippen molar-refractivity contribution in [3.05, 3.63) is 58.8 Å². The molecule has 0 aliphatic rings. The maximum atomic E-state index is 12.5. The predicted molar refractivity (Wildman–Crippen MR) is 119 cm³/mol. The number of nitrogens with one attached hydrogen (secondary N) is 1. The summed E-state index contributed by atoms with van der Waals surface area (Å²) < 4.78 is 15.9. The van der Waals surface area contributed by atoms with E-state index in [1.54, 1.807) is 27.3 Å². The standard InChI is InChI=1S/C24H28N2O4/c1-6-30-24(27)19-14-26-22-16(3)11-15(2)12-18(22)23(19)25-10-9-17-7-8-20(28-4)21(13-17)29-5/h7-8,11-14H,6,9-10H2,1-5H3,(H,25,26). The number of carbonyl (C=O) groups is 1. The molecule has 0 atom stereocenters. The van der Waals surface area contributed by atoms with E-state index in [-0.39, 0.29) is 5.97 Å². The van der Waals surface area contributed by atoms with Crippen LogP contribution in [0.5, 0.6) is 11.5 Å². The van der Waals surface area contributed by atoms with E-state index < -0.39 is 0 Å². The molecule has 0 aliphatic heterocycles. The molecule has 0 spiro atoms. The molecule has 0 fully saturated rings. The fourth-order valence-electron chi connectivity index (χ4n) is 3.58. The number of hydrogen-bond acceptors (Lipinski definition) is 6. The number of pyridine rings is 1. The summed E-state index contributed by atoms with van der Waals surface area (Å²) in [6, 6.07) is 10.0. The zero-order valence-corrected chi connectivity index (χ0v) is 18.2. The number of esters is 1. The van der Waals surface area contributed by atoms with Crippen LogP contribution in [0.1, 0.15) is 34.0 Å². The third kappa shape index (κ3) is 4.48. The third-order valence-corrected chi connectivity index (χ3v) is 4.97. The lowest BCUT2D eigenvalue weighted by molar-refractivity contribution is 0.0527. The lowest BCUT2D eigenvalue weighted by Crippen LogP contribution is -2.13. The van der Waals surface area contributed by atoms with Gasteiger partial charge in [0.05, 0.1) is 32.0 Å². The van der Waals surface area contributed by atoms with Gasteiger partial charge in [0.25, 0.3) is 0 Å². The van der Waals surface area contributed by atoms with Crippen LogP contribution in [-0.2, 0) is 11.2 Å². The maximum Gasteiger partial charge on any atom is 0.341 e. The quantitative estimate of drug-likeness (QED) is 0.545. The van der Waals surface area contributed by atoms with Gasteiger partial charge in [0, 0.05) is 18.1 Å². The first-order valence-corrected chi connectivity index (χ1v) is 10.00. The highest BCUT2D eigenvalue weighted by Crippen LogP contribution is 2.31. The molecular weight excluding hydrogens is 380 g/mol. The van der Waals surface area contributed by atoms with Gasteiger partial charge in [0.15, 0.2) is 11.5 Å². The van der Waals surface area contributed by atoms with Crippen LogP contribution in [-0.4, -0.2) is 38.3 Å². The van der Waals surface area contributed by atoms with Gasteiger partial charge in [-0.05, 0) is 56.5 Å². The molecule has 3 rings (SSSR count). The Morgan fingerprint density at radius 2 is 1.83 bits per heavy atom. The van der Waals surface area contributed by atoms with Gasteiger partial charge in [0.1, 0.15) is 5.56 Å². The Kier molecular flexibility index (Phi) is 6.77. The van der Waals surface area contributed by atoms with Crippen molar-refractivity contribution < 1.29 is 19.0 Å². The molecule has 3 aromatic rings. The Morgan fingerprint density at radius 3 is 2.53 bits per heavy atom. The van der Waals surface area contributed by atoms with E-state index in [0.717, 1.165) is 39.7 Å². The zero-order chi connectivity index (χ0) is 21.7. The van der Waals surface area contributed by atoms with E-state index in [4.69, 9.17) is 14.2 Å². The number of nitrogens with zero attached hydrogens (tertiary/aromatic N) is 1. The minimum atomic E-state index is -0.375. The first kappa shape index (κ1) is 21.4. The van der Waals surface area contributed by atoms with Crippen molar-refractivity contribution in [2.75, 3.05) is 32.7 Å². The second-order valence-corrected chi connectivity index (χ2v) is 7.11. The van der Waals surface area contributed by atoms with Crippen LogP contribution >= 0.6 is 0 Å². The number of ether oxygens (including phenoxy) is 3. The fourth-order valence-corrected chi connectivity index (χ4v) is 3.58. The minimum absolute atomic E-state index is 0.314. The van der Waals surface area contributed by atoms with Gasteiger partial charge < -0.3 is 19.5 Å². The Balaban J connectivity index is 1.91. The third-order valence-electron chi connectivity index (χ3n) is 4.97. The highest BCUT2D eigenvalue weighted by atomic mass is 16.5. The van der Waals surface area contributed by atoms with E-state index in [1.165, 1.54) is 0 Å². The second-order valence-electron chi connectivity index (χ2n) is 7.11. The molecule has 1 heterocycles. The number of hydrogen-bond donors (Lipinski definition) is 1. The molecular formula is C24H28N2O4. The van der Waals surface area contributed by atoms with Crippen molar-refractivity contribution >= 4 is 22.6 Å². The van der Waals surface area contributed by atoms with Crippen LogP contribution in [0.4, 0.5) is 5.69 Å². The smallest absolute Gasteiger partial charge is 0.341 e. The average molecular weight is 408 g/mol. The van der Waals surface area contributed by atoms with Crippen LogP contribution < -0.4 is 14.8 Å². The molecule has 0 aliphatic carbocycles. The number of methoxy groups -OCH3 is 2. The monoisotopic (exact) mass is 408 g/mol. The highest BCUT2D eigenvalue weighted by molar-refractivity contribution is 6.05. The summed E-state index contributed by atoms with van der Waals surface area (Å²) in [5.74, 6) is 1.02. The second kappa shape index (κ2) is 9.48. The van der Waals surface area contributed by atoms with Gasteiger partial charge in [0.2, 0.25) is 0 Å². The zero-order valence-electron chi connectivity index (χ0n) is 18.2. The van der Waals surface area contributed by atoms with Gasteiger partial charge in [-0.2, -0.15) is 0 Å². The van der Waals surface area contributed by atoms with Crippen LogP contribution in [0.15, 0.2) is 36.5 Å². The lowest BCUT2D eigenvalue weighted by atomic mass is 10.0. The number of aryl methyl sites for hydroxylation is 2. The molecule has 6 heteroatoms. The minimum Gasteiger partial charge on any atom is -0.493 e. The summed E-state index contributed by atoms with van der Waals surface area (Å²) in [6.07, 6.45) is 2.35. The summed E-state index contributed by atoms with van der Waals surface area (Å²) in [5, 5.41) is 4.37. The molecule has 158 valence electrons. The van der Waals surface area contributed by atoms with Gasteiger partial charge in [-0.25, -0.2) is 4.79 Å². The molecule has 1 aromatic heterocycles. The van der Waals surface area contributed by atoms with Gasteiger partial charge in [-0.15, -0.1) is 0 Å². The molecule has 0 saturated carbocycles. The van der Waals surface area contributed by atoms with Crippen LogP contribution in [0.25, 0.3) is 10.9 Å². The van der Waals surface area contributed by atoms with Gasteiger partial charge in [-0.1, -0.05) is 17.7 Å². The van der Waals surface area contributed by atoms with E-state index in [2.05, 4.69) is 22.4 Å². The molecule has 0 unspecified atom stereocenters. The van der Waals surface area contributed by atoms with Crippen molar-refractivity contribution in [1.29, 1.82) is 0 Å². The van der Waals surface area contributed by atoms with Crippen molar-refractivity contribution in [3.8, 4) is 11.5 Å². The molecule has 0 radical (unpaired) electrons.